The normalized spacial score (nSPS) is 16.6. The number of piperazine rings is 1. The highest BCUT2D eigenvalue weighted by Gasteiger charge is 2.35. The summed E-state index contributed by atoms with van der Waals surface area (Å²) < 4.78 is 0. The number of carbonyl (C=O) groups excluding carboxylic acids is 2. The van der Waals surface area contributed by atoms with Gasteiger partial charge in [-0.2, -0.15) is 10.1 Å². The molecule has 2 aromatic heterocycles. The maximum atomic E-state index is 13.1. The Bertz CT molecular complexity index is 1050. The van der Waals surface area contributed by atoms with Crippen LogP contribution in [0.15, 0.2) is 6.07 Å². The molecule has 178 valence electrons. The SMILES string of the molecule is CC(=O)N1CCN(c2nc(NCc3cc(C(C)(C)C)n[nH]3)c3c(n2)C(=O)N(C(C)C)C3)CC1. The van der Waals surface area contributed by atoms with Crippen molar-refractivity contribution in [2.75, 3.05) is 36.4 Å². The van der Waals surface area contributed by atoms with E-state index in [1.165, 1.54) is 0 Å². The summed E-state index contributed by atoms with van der Waals surface area (Å²) in [4.78, 5) is 39.9. The number of aromatic nitrogens is 4. The molecule has 2 N–H and O–H groups in total. The van der Waals surface area contributed by atoms with E-state index in [-0.39, 0.29) is 23.3 Å². The van der Waals surface area contributed by atoms with Crippen LogP contribution in [0.3, 0.4) is 0 Å². The Hall–Kier alpha value is -3.17. The average molecular weight is 455 g/mol. The molecule has 0 atom stereocenters. The van der Waals surface area contributed by atoms with Crippen LogP contribution in [0.4, 0.5) is 11.8 Å². The van der Waals surface area contributed by atoms with Gasteiger partial charge < -0.3 is 20.0 Å². The fourth-order valence-electron chi connectivity index (χ4n) is 4.12. The van der Waals surface area contributed by atoms with Crippen molar-refractivity contribution in [3.8, 4) is 0 Å². The number of fused-ring (bicyclic) bond motifs is 1. The van der Waals surface area contributed by atoms with Crippen molar-refractivity contribution >= 4 is 23.6 Å². The highest BCUT2D eigenvalue weighted by Crippen LogP contribution is 2.31. The molecule has 0 bridgehead atoms. The topological polar surface area (TPSA) is 110 Å². The molecule has 4 heterocycles. The monoisotopic (exact) mass is 454 g/mol. The molecule has 2 aliphatic rings. The van der Waals surface area contributed by atoms with Crippen molar-refractivity contribution in [3.05, 3.63) is 28.7 Å². The van der Waals surface area contributed by atoms with E-state index in [9.17, 15) is 9.59 Å². The van der Waals surface area contributed by atoms with Gasteiger partial charge in [-0.25, -0.2) is 4.98 Å². The summed E-state index contributed by atoms with van der Waals surface area (Å²) in [7, 11) is 0. The maximum absolute atomic E-state index is 13.1. The van der Waals surface area contributed by atoms with Crippen LogP contribution in [0.1, 0.15) is 69.0 Å². The standard InChI is InChI=1S/C23H34N8O2/c1-14(2)31-13-17-19(21(31)33)25-22(30-9-7-29(8-10-30)15(3)32)26-20(17)24-12-16-11-18(28-27-16)23(4,5)6/h11,14H,7-10,12-13H2,1-6H3,(H,27,28)(H,24,25,26). The molecule has 2 aromatic rings. The first-order valence-electron chi connectivity index (χ1n) is 11.6. The summed E-state index contributed by atoms with van der Waals surface area (Å²) in [5.74, 6) is 1.21. The summed E-state index contributed by atoms with van der Waals surface area (Å²) in [5.41, 5.74) is 3.21. The zero-order chi connectivity index (χ0) is 23.9. The Kier molecular flexibility index (Phi) is 6.02. The zero-order valence-electron chi connectivity index (χ0n) is 20.4. The molecule has 10 heteroatoms. The second-order valence-corrected chi connectivity index (χ2v) is 10.1. The Labute approximate surface area is 194 Å². The number of nitrogens with one attached hydrogen (secondary N) is 2. The Morgan fingerprint density at radius 3 is 2.45 bits per heavy atom. The number of hydrogen-bond acceptors (Lipinski definition) is 7. The van der Waals surface area contributed by atoms with Gasteiger partial charge in [0, 0.05) is 50.1 Å². The van der Waals surface area contributed by atoms with Gasteiger partial charge in [0.2, 0.25) is 11.9 Å². The Morgan fingerprint density at radius 1 is 1.18 bits per heavy atom. The molecule has 10 nitrogen and oxygen atoms in total. The minimum Gasteiger partial charge on any atom is -0.364 e. The molecule has 1 saturated heterocycles. The van der Waals surface area contributed by atoms with E-state index in [1.54, 1.807) is 6.92 Å². The molecule has 2 aliphatic heterocycles. The van der Waals surface area contributed by atoms with E-state index < -0.39 is 0 Å². The first-order chi connectivity index (χ1) is 15.5. The summed E-state index contributed by atoms with van der Waals surface area (Å²) in [6, 6.07) is 2.13. The van der Waals surface area contributed by atoms with E-state index in [4.69, 9.17) is 4.98 Å². The minimum atomic E-state index is -0.0642. The molecule has 33 heavy (non-hydrogen) atoms. The van der Waals surface area contributed by atoms with Crippen molar-refractivity contribution < 1.29 is 9.59 Å². The number of anilines is 2. The highest BCUT2D eigenvalue weighted by molar-refractivity contribution is 5.98. The number of nitrogens with zero attached hydrogens (tertiary/aromatic N) is 6. The molecule has 0 radical (unpaired) electrons. The van der Waals surface area contributed by atoms with E-state index in [0.29, 0.717) is 56.7 Å². The second-order valence-electron chi connectivity index (χ2n) is 10.1. The largest absolute Gasteiger partial charge is 0.364 e. The summed E-state index contributed by atoms with van der Waals surface area (Å²) >= 11 is 0. The predicted octanol–water partition coefficient (Wildman–Crippen LogP) is 2.14. The van der Waals surface area contributed by atoms with Gasteiger partial charge in [-0.3, -0.25) is 14.7 Å². The molecule has 0 unspecified atom stereocenters. The number of H-pyrrole nitrogens is 1. The van der Waals surface area contributed by atoms with Crippen LogP contribution < -0.4 is 10.2 Å². The van der Waals surface area contributed by atoms with E-state index in [2.05, 4.69) is 47.3 Å². The lowest BCUT2D eigenvalue weighted by Crippen LogP contribution is -2.48. The lowest BCUT2D eigenvalue weighted by Gasteiger charge is -2.34. The van der Waals surface area contributed by atoms with Gasteiger partial charge in [0.25, 0.3) is 5.91 Å². The maximum Gasteiger partial charge on any atom is 0.273 e. The van der Waals surface area contributed by atoms with Crippen molar-refractivity contribution in [3.63, 3.8) is 0 Å². The van der Waals surface area contributed by atoms with Gasteiger partial charge in [0.1, 0.15) is 11.5 Å². The van der Waals surface area contributed by atoms with Gasteiger partial charge in [-0.15, -0.1) is 0 Å². The molecule has 0 saturated carbocycles. The lowest BCUT2D eigenvalue weighted by molar-refractivity contribution is -0.129. The quantitative estimate of drug-likeness (QED) is 0.712. The average Bonchev–Trinajstić information content (AvgIpc) is 3.37. The summed E-state index contributed by atoms with van der Waals surface area (Å²) in [6.07, 6.45) is 0. The van der Waals surface area contributed by atoms with Gasteiger partial charge in [-0.05, 0) is 19.9 Å². The number of aromatic amines is 1. The van der Waals surface area contributed by atoms with E-state index in [0.717, 1.165) is 17.0 Å². The van der Waals surface area contributed by atoms with Gasteiger partial charge in [0.15, 0.2) is 0 Å². The molecule has 0 spiro atoms. The predicted molar refractivity (Wildman–Crippen MR) is 126 cm³/mol. The lowest BCUT2D eigenvalue weighted by atomic mass is 9.92. The fraction of sp³-hybridized carbons (Fsp3) is 0.609. The second kappa shape index (κ2) is 8.64. The third kappa shape index (κ3) is 4.65. The Morgan fingerprint density at radius 2 is 1.88 bits per heavy atom. The molecule has 0 aliphatic carbocycles. The van der Waals surface area contributed by atoms with Crippen LogP contribution in [-0.4, -0.2) is 74.0 Å². The highest BCUT2D eigenvalue weighted by atomic mass is 16.2. The zero-order valence-corrected chi connectivity index (χ0v) is 20.4. The first-order valence-corrected chi connectivity index (χ1v) is 11.6. The van der Waals surface area contributed by atoms with Gasteiger partial charge in [-0.1, -0.05) is 20.8 Å². The summed E-state index contributed by atoms with van der Waals surface area (Å²) in [6.45, 7) is 15.5. The van der Waals surface area contributed by atoms with Crippen molar-refractivity contribution in [2.24, 2.45) is 0 Å². The van der Waals surface area contributed by atoms with Gasteiger partial charge >= 0.3 is 0 Å². The van der Waals surface area contributed by atoms with Crippen LogP contribution in [0, 0.1) is 0 Å². The first kappa shape index (κ1) is 23.0. The van der Waals surface area contributed by atoms with Crippen molar-refractivity contribution in [1.29, 1.82) is 0 Å². The van der Waals surface area contributed by atoms with Crippen molar-refractivity contribution in [1.82, 2.24) is 30.0 Å². The van der Waals surface area contributed by atoms with Crippen LogP contribution in [0.25, 0.3) is 0 Å². The number of hydrogen-bond donors (Lipinski definition) is 2. The van der Waals surface area contributed by atoms with Crippen LogP contribution >= 0.6 is 0 Å². The molecule has 0 aromatic carbocycles. The fourth-order valence-corrected chi connectivity index (χ4v) is 4.12. The molecule has 2 amide bonds. The Balaban J connectivity index is 1.60. The molecule has 1 fully saturated rings. The third-order valence-electron chi connectivity index (χ3n) is 6.26. The van der Waals surface area contributed by atoms with Crippen LogP contribution in [0.5, 0.6) is 0 Å². The van der Waals surface area contributed by atoms with E-state index >= 15 is 0 Å². The smallest absolute Gasteiger partial charge is 0.273 e. The number of carbonyl (C=O) groups is 2. The molecule has 4 rings (SSSR count). The van der Waals surface area contributed by atoms with Gasteiger partial charge in [0.05, 0.1) is 24.5 Å². The molecular weight excluding hydrogens is 420 g/mol. The van der Waals surface area contributed by atoms with Crippen LogP contribution in [-0.2, 0) is 23.3 Å². The number of amides is 2. The molecular formula is C23H34N8O2. The third-order valence-corrected chi connectivity index (χ3v) is 6.26. The number of rotatable bonds is 5. The van der Waals surface area contributed by atoms with Crippen LogP contribution in [0.2, 0.25) is 0 Å². The summed E-state index contributed by atoms with van der Waals surface area (Å²) in [5, 5.41) is 10.9. The van der Waals surface area contributed by atoms with E-state index in [1.807, 2.05) is 28.5 Å². The minimum absolute atomic E-state index is 0.0374. The van der Waals surface area contributed by atoms with Crippen molar-refractivity contribution in [2.45, 2.75) is 66.1 Å².